The average Bonchev–Trinajstić information content (AvgIpc) is 1.58. The van der Waals surface area contributed by atoms with Crippen molar-refractivity contribution in [1.29, 1.82) is 0 Å². The van der Waals surface area contributed by atoms with Crippen molar-refractivity contribution in [2.45, 2.75) is 25.8 Å². The highest BCUT2D eigenvalue weighted by Crippen LogP contribution is 2.46. The maximum Gasteiger partial charge on any atom is 0.432 e. The molecule has 6 N–H and O–H groups in total. The van der Waals surface area contributed by atoms with Gasteiger partial charge in [0, 0.05) is 77.6 Å². The van der Waals surface area contributed by atoms with Crippen LogP contribution in [0.2, 0.25) is 19.6 Å². The van der Waals surface area contributed by atoms with Crippen molar-refractivity contribution in [2.24, 2.45) is 0 Å². The molecule has 0 aliphatic heterocycles. The van der Waals surface area contributed by atoms with Crippen LogP contribution in [0.4, 0.5) is 26.3 Å². The molecule has 22 heteroatoms. The van der Waals surface area contributed by atoms with Gasteiger partial charge in [-0.15, -0.1) is 0 Å². The van der Waals surface area contributed by atoms with Crippen molar-refractivity contribution in [3.8, 4) is 50.4 Å². The molecule has 0 bridgehead atoms. The second-order valence-electron chi connectivity index (χ2n) is 22.8. The van der Waals surface area contributed by atoms with E-state index in [9.17, 15) is 45.8 Å². The summed E-state index contributed by atoms with van der Waals surface area (Å²) in [6, 6.07) is 48.1. The summed E-state index contributed by atoms with van der Waals surface area (Å²) < 4.78 is 89.3. The molecule has 456 valence electrons. The second-order valence-corrected chi connectivity index (χ2v) is 27.8. The SMILES string of the molecule is C[Si](C)(C)c1c(-c2ccc(C(=O)O)cc2)c2cc3[nH]ncc3cc2n1-c1ccc(F)cc1.O=C(O)c1ccc(-c2c(C(F)(F)F)n(-c3ccc(F)cc3)c3cc4cn[nH]c4cc23)cc1.O=C(O)c1ccc(-c2cn(-c3ccc(F)cc3)c3cc4cn[nH]c4cc23)cc1. The van der Waals surface area contributed by atoms with E-state index in [4.69, 9.17) is 10.2 Å². The summed E-state index contributed by atoms with van der Waals surface area (Å²) in [7, 11) is -1.95. The van der Waals surface area contributed by atoms with E-state index in [1.165, 1.54) is 72.2 Å². The summed E-state index contributed by atoms with van der Waals surface area (Å²) in [5, 5.41) is 54.8. The third kappa shape index (κ3) is 11.0. The number of carboxylic acid groups (broad SMARTS) is 3. The molecule has 0 spiro atoms. The molecular weight excluding hydrogens is 1200 g/mol. The second kappa shape index (κ2) is 23.0. The monoisotopic (exact) mass is 1250 g/mol. The van der Waals surface area contributed by atoms with Crippen LogP contribution in [0.15, 0.2) is 207 Å². The lowest BCUT2D eigenvalue weighted by atomic mass is 9.99. The van der Waals surface area contributed by atoms with Crippen LogP contribution in [0, 0.1) is 17.5 Å². The Morgan fingerprint density at radius 1 is 0.435 bits per heavy atom. The zero-order valence-electron chi connectivity index (χ0n) is 48.6. The molecule has 0 atom stereocenters. The number of nitrogens with zero attached hydrogens (tertiary/aromatic N) is 6. The lowest BCUT2D eigenvalue weighted by molar-refractivity contribution is -0.141. The standard InChI is InChI=1S/C25H22FN3O2Si.C23H13F4N3O2.C22H14FN3O2/c1-32(2,3)24-23(15-4-6-16(7-5-15)25(30)31)20-13-21-17(14-27-28-21)12-22(20)29(24)19-10-8-18(26)9-11-19;24-15-5-7-16(8-6-15)30-19-9-14-11-28-29-18(14)10-17(19)20(21(30)23(25,26)27)12-1-3-13(4-2-12)22(31)32;23-16-5-7-17(8-6-16)26-12-19(13-1-3-14(4-2-13)22(27)28)18-10-20-15(9-21(18)26)11-24-25-20/h4-14H,1-3H3,(H,27,28)(H,30,31);1-11H,(H,28,29)(H,31,32);1-12H,(H,24,25)(H,27,28). The van der Waals surface area contributed by atoms with Gasteiger partial charge in [0.25, 0.3) is 0 Å². The Balaban J connectivity index is 0.000000126. The Morgan fingerprint density at radius 3 is 1.21 bits per heavy atom. The number of fused-ring (bicyclic) bond motifs is 6. The van der Waals surface area contributed by atoms with E-state index in [0.717, 1.165) is 93.9 Å². The molecule has 0 fully saturated rings. The Hall–Kier alpha value is -11.8. The minimum atomic E-state index is -4.76. The number of aromatic carboxylic acids is 3. The molecule has 9 aromatic carbocycles. The normalized spacial score (nSPS) is 11.8. The smallest absolute Gasteiger partial charge is 0.432 e. The van der Waals surface area contributed by atoms with Gasteiger partial charge in [0.15, 0.2) is 0 Å². The maximum atomic E-state index is 14.5. The Morgan fingerprint density at radius 2 is 0.793 bits per heavy atom. The van der Waals surface area contributed by atoms with Crippen LogP contribution in [-0.4, -0.2) is 85.6 Å². The predicted octanol–water partition coefficient (Wildman–Crippen LogP) is 16.6. The number of aromatic amines is 3. The number of benzene rings is 9. The zero-order chi connectivity index (χ0) is 64.5. The van der Waals surface area contributed by atoms with Gasteiger partial charge in [0.2, 0.25) is 0 Å². The molecule has 6 heterocycles. The third-order valence-corrected chi connectivity index (χ3v) is 17.9. The molecule has 0 radical (unpaired) electrons. The molecule has 0 saturated heterocycles. The number of carbonyl (C=O) groups is 3. The van der Waals surface area contributed by atoms with E-state index < -0.39 is 43.7 Å². The molecule has 92 heavy (non-hydrogen) atoms. The van der Waals surface area contributed by atoms with E-state index in [1.54, 1.807) is 85.2 Å². The quantitative estimate of drug-likeness (QED) is 0.0567. The molecule has 0 aliphatic rings. The fourth-order valence-electron chi connectivity index (χ4n) is 11.8. The van der Waals surface area contributed by atoms with Gasteiger partial charge in [0.1, 0.15) is 23.1 Å². The van der Waals surface area contributed by atoms with Crippen molar-refractivity contribution in [1.82, 2.24) is 44.3 Å². The number of hydrogen-bond acceptors (Lipinski definition) is 6. The molecule has 0 aliphatic carbocycles. The molecule has 0 unspecified atom stereocenters. The van der Waals surface area contributed by atoms with Gasteiger partial charge in [-0.1, -0.05) is 56.0 Å². The van der Waals surface area contributed by atoms with Gasteiger partial charge in [-0.25, -0.2) is 27.6 Å². The number of halogens is 6. The molecule has 15 rings (SSSR count). The zero-order valence-corrected chi connectivity index (χ0v) is 49.6. The van der Waals surface area contributed by atoms with Crippen LogP contribution in [0.25, 0.3) is 116 Å². The van der Waals surface area contributed by atoms with Crippen LogP contribution in [0.1, 0.15) is 36.8 Å². The van der Waals surface area contributed by atoms with Gasteiger partial charge in [0.05, 0.1) is 76.5 Å². The van der Waals surface area contributed by atoms with E-state index in [2.05, 4.69) is 66.9 Å². The first-order valence-electron chi connectivity index (χ1n) is 28.5. The summed E-state index contributed by atoms with van der Waals surface area (Å²) in [4.78, 5) is 33.7. The summed E-state index contributed by atoms with van der Waals surface area (Å²) in [5.74, 6) is -4.22. The van der Waals surface area contributed by atoms with E-state index >= 15 is 0 Å². The van der Waals surface area contributed by atoms with Gasteiger partial charge >= 0.3 is 24.1 Å². The first kappa shape index (κ1) is 59.2. The third-order valence-electron chi connectivity index (χ3n) is 16.0. The number of aromatic nitrogens is 9. The fraction of sp³-hybridized carbons (Fsp3) is 0.0571. The topological polar surface area (TPSA) is 213 Å². The first-order valence-corrected chi connectivity index (χ1v) is 32.0. The number of carboxylic acids is 3. The van der Waals surface area contributed by atoms with Crippen molar-refractivity contribution in [2.75, 3.05) is 0 Å². The lowest BCUT2D eigenvalue weighted by Crippen LogP contribution is -2.43. The van der Waals surface area contributed by atoms with Gasteiger partial charge in [-0.3, -0.25) is 15.3 Å². The maximum absolute atomic E-state index is 14.5. The number of rotatable bonds is 10. The average molecular weight is 1250 g/mol. The van der Waals surface area contributed by atoms with Gasteiger partial charge in [-0.2, -0.15) is 28.5 Å². The summed E-state index contributed by atoms with van der Waals surface area (Å²) in [6.07, 6.45) is 2.29. The van der Waals surface area contributed by atoms with Crippen LogP contribution < -0.4 is 5.32 Å². The molecular formula is C70H49F6N9O6Si. The molecule has 0 amide bonds. The summed E-state index contributed by atoms with van der Waals surface area (Å²) >= 11 is 0. The summed E-state index contributed by atoms with van der Waals surface area (Å²) in [6.45, 7) is 6.84. The largest absolute Gasteiger partial charge is 0.478 e. The van der Waals surface area contributed by atoms with Crippen LogP contribution in [0.5, 0.6) is 0 Å². The molecule has 15 nitrogen and oxygen atoms in total. The highest BCUT2D eigenvalue weighted by molar-refractivity contribution is 6.89. The van der Waals surface area contributed by atoms with Gasteiger partial charge in [-0.05, 0) is 162 Å². The van der Waals surface area contributed by atoms with Crippen molar-refractivity contribution in [3.05, 3.63) is 247 Å². The molecule has 0 saturated carbocycles. The number of alkyl halides is 3. The highest BCUT2D eigenvalue weighted by atomic mass is 28.3. The molecule has 15 aromatic rings. The lowest BCUT2D eigenvalue weighted by Gasteiger charge is -2.23. The van der Waals surface area contributed by atoms with E-state index in [-0.39, 0.29) is 50.7 Å². The number of nitrogens with one attached hydrogen (secondary N) is 3. The van der Waals surface area contributed by atoms with Crippen LogP contribution in [0.3, 0.4) is 0 Å². The Labute approximate surface area is 517 Å². The molecule has 6 aromatic heterocycles. The Kier molecular flexibility index (Phi) is 14.8. The van der Waals surface area contributed by atoms with Crippen molar-refractivity contribution < 1.29 is 56.0 Å². The minimum absolute atomic E-state index is 0.0412. The number of H-pyrrole nitrogens is 3. The fourth-order valence-corrected chi connectivity index (χ4v) is 13.7. The highest BCUT2D eigenvalue weighted by Gasteiger charge is 2.40. The van der Waals surface area contributed by atoms with E-state index in [0.29, 0.717) is 16.3 Å². The van der Waals surface area contributed by atoms with Crippen LogP contribution in [-0.2, 0) is 6.18 Å². The van der Waals surface area contributed by atoms with Crippen LogP contribution >= 0.6 is 0 Å². The van der Waals surface area contributed by atoms with Crippen molar-refractivity contribution >= 4 is 96.7 Å². The van der Waals surface area contributed by atoms with E-state index in [1.807, 2.05) is 35.0 Å². The number of hydrogen-bond donors (Lipinski definition) is 6. The summed E-state index contributed by atoms with van der Waals surface area (Å²) in [5.41, 5.74) is 9.97. The van der Waals surface area contributed by atoms with Gasteiger partial charge < -0.3 is 29.0 Å². The predicted molar refractivity (Wildman–Crippen MR) is 344 cm³/mol. The minimum Gasteiger partial charge on any atom is -0.478 e. The van der Waals surface area contributed by atoms with Crippen molar-refractivity contribution in [3.63, 3.8) is 0 Å². The Bertz CT molecular complexity index is 5130. The first-order chi connectivity index (χ1) is 44.1.